The highest BCUT2D eigenvalue weighted by Gasteiger charge is 2.21. The number of nitrogens with zero attached hydrogens (tertiary/aromatic N) is 2. The van der Waals surface area contributed by atoms with E-state index in [9.17, 15) is 4.79 Å². The van der Waals surface area contributed by atoms with E-state index in [1.807, 2.05) is 6.92 Å². The Bertz CT molecular complexity index is 494. The summed E-state index contributed by atoms with van der Waals surface area (Å²) in [5, 5.41) is 7.83. The van der Waals surface area contributed by atoms with E-state index in [2.05, 4.69) is 17.3 Å². The molecule has 2 rings (SSSR count). The zero-order valence-corrected chi connectivity index (χ0v) is 13.1. The van der Waals surface area contributed by atoms with Crippen LogP contribution in [0.1, 0.15) is 52.4 Å². The summed E-state index contributed by atoms with van der Waals surface area (Å²) in [4.78, 5) is 12.1. The molecule has 0 bridgehead atoms. The second-order valence-electron chi connectivity index (χ2n) is 5.73. The van der Waals surface area contributed by atoms with Crippen molar-refractivity contribution in [2.24, 2.45) is 5.92 Å². The molecule has 5 heteroatoms. The number of nitrogens with one attached hydrogen (secondary N) is 1. The minimum Gasteiger partial charge on any atom is -0.380 e. The lowest BCUT2D eigenvalue weighted by molar-refractivity contribution is 0.328. The minimum atomic E-state index is -0.200. The van der Waals surface area contributed by atoms with Gasteiger partial charge in [0.2, 0.25) is 0 Å². The van der Waals surface area contributed by atoms with Gasteiger partial charge < -0.3 is 5.32 Å². The van der Waals surface area contributed by atoms with E-state index in [1.165, 1.54) is 36.8 Å². The summed E-state index contributed by atoms with van der Waals surface area (Å²) in [7, 11) is 0. The van der Waals surface area contributed by atoms with Crippen LogP contribution in [0.2, 0.25) is 5.02 Å². The topological polar surface area (TPSA) is 46.9 Å². The lowest BCUT2D eigenvalue weighted by atomic mass is 9.84. The number of halogens is 1. The first kappa shape index (κ1) is 15.4. The van der Waals surface area contributed by atoms with Crippen LogP contribution in [0, 0.1) is 5.92 Å². The van der Waals surface area contributed by atoms with Crippen molar-refractivity contribution in [1.29, 1.82) is 0 Å². The number of anilines is 1. The maximum absolute atomic E-state index is 12.1. The van der Waals surface area contributed by atoms with E-state index in [1.54, 1.807) is 6.20 Å². The Morgan fingerprint density at radius 1 is 1.45 bits per heavy atom. The molecule has 1 atom stereocenters. The second kappa shape index (κ2) is 7.11. The van der Waals surface area contributed by atoms with Gasteiger partial charge in [0.05, 0.1) is 11.9 Å². The molecule has 1 unspecified atom stereocenters. The van der Waals surface area contributed by atoms with Gasteiger partial charge in [0.1, 0.15) is 5.02 Å². The van der Waals surface area contributed by atoms with Gasteiger partial charge in [-0.15, -0.1) is 0 Å². The van der Waals surface area contributed by atoms with E-state index in [0.717, 1.165) is 6.42 Å². The van der Waals surface area contributed by atoms with Gasteiger partial charge >= 0.3 is 0 Å². The molecule has 1 aliphatic rings. The predicted octanol–water partition coefficient (Wildman–Crippen LogP) is 3.69. The monoisotopic (exact) mass is 297 g/mol. The van der Waals surface area contributed by atoms with Crippen LogP contribution >= 0.6 is 11.6 Å². The van der Waals surface area contributed by atoms with Crippen molar-refractivity contribution in [3.05, 3.63) is 21.6 Å². The van der Waals surface area contributed by atoms with E-state index >= 15 is 0 Å². The third-order valence-corrected chi connectivity index (χ3v) is 4.53. The zero-order chi connectivity index (χ0) is 14.5. The molecule has 1 aromatic rings. The molecule has 1 saturated carbocycles. The highest BCUT2D eigenvalue weighted by molar-refractivity contribution is 6.32. The summed E-state index contributed by atoms with van der Waals surface area (Å²) < 4.78 is 1.43. The van der Waals surface area contributed by atoms with Crippen molar-refractivity contribution >= 4 is 17.3 Å². The average Bonchev–Trinajstić information content (AvgIpc) is 2.48. The van der Waals surface area contributed by atoms with Crippen molar-refractivity contribution in [1.82, 2.24) is 9.78 Å². The lowest BCUT2D eigenvalue weighted by Gasteiger charge is -2.29. The number of hydrogen-bond donors (Lipinski definition) is 1. The number of aromatic nitrogens is 2. The quantitative estimate of drug-likeness (QED) is 0.901. The van der Waals surface area contributed by atoms with Crippen molar-refractivity contribution < 1.29 is 0 Å². The minimum absolute atomic E-state index is 0.200. The lowest BCUT2D eigenvalue weighted by Crippen LogP contribution is -2.30. The zero-order valence-electron chi connectivity index (χ0n) is 12.4. The van der Waals surface area contributed by atoms with Gasteiger partial charge in [-0.25, -0.2) is 4.68 Å². The molecular weight excluding hydrogens is 274 g/mol. The highest BCUT2D eigenvalue weighted by Crippen LogP contribution is 2.28. The van der Waals surface area contributed by atoms with Crippen LogP contribution in [0.5, 0.6) is 0 Å². The van der Waals surface area contributed by atoms with Gasteiger partial charge in [0.25, 0.3) is 5.56 Å². The SMILES string of the molecule is CCCn1ncc(NC(C)C2CCCCC2)c(Cl)c1=O. The van der Waals surface area contributed by atoms with Crippen LogP contribution in [0.4, 0.5) is 5.69 Å². The third kappa shape index (κ3) is 3.54. The Kier molecular flexibility index (Phi) is 5.46. The Balaban J connectivity index is 2.09. The summed E-state index contributed by atoms with van der Waals surface area (Å²) in [5.41, 5.74) is 0.469. The Labute approximate surface area is 125 Å². The highest BCUT2D eigenvalue weighted by atomic mass is 35.5. The third-order valence-electron chi connectivity index (χ3n) is 4.16. The van der Waals surface area contributed by atoms with E-state index in [4.69, 9.17) is 11.6 Å². The molecule has 1 aliphatic carbocycles. The summed E-state index contributed by atoms with van der Waals surface area (Å²) in [5.74, 6) is 0.665. The molecule has 112 valence electrons. The molecule has 1 heterocycles. The normalized spacial score (nSPS) is 17.9. The molecule has 0 aromatic carbocycles. The first-order valence-corrected chi connectivity index (χ1v) is 8.03. The molecule has 0 spiro atoms. The Morgan fingerprint density at radius 3 is 2.80 bits per heavy atom. The average molecular weight is 298 g/mol. The summed E-state index contributed by atoms with van der Waals surface area (Å²) in [6, 6.07) is 0.330. The van der Waals surface area contributed by atoms with Gasteiger partial charge in [0, 0.05) is 12.6 Å². The van der Waals surface area contributed by atoms with Gasteiger partial charge in [-0.1, -0.05) is 37.8 Å². The largest absolute Gasteiger partial charge is 0.380 e. The van der Waals surface area contributed by atoms with Crippen molar-refractivity contribution in [2.75, 3.05) is 5.32 Å². The molecule has 0 radical (unpaired) electrons. The molecule has 20 heavy (non-hydrogen) atoms. The maximum atomic E-state index is 12.1. The Hall–Kier alpha value is -1.03. The van der Waals surface area contributed by atoms with Crippen molar-refractivity contribution in [3.8, 4) is 0 Å². The predicted molar refractivity (Wildman–Crippen MR) is 83.5 cm³/mol. The van der Waals surface area contributed by atoms with Crippen molar-refractivity contribution in [2.45, 2.75) is 65.0 Å². The van der Waals surface area contributed by atoms with Crippen LogP contribution in [-0.4, -0.2) is 15.8 Å². The first-order chi connectivity index (χ1) is 9.63. The van der Waals surface area contributed by atoms with Crippen molar-refractivity contribution in [3.63, 3.8) is 0 Å². The molecule has 1 fully saturated rings. The van der Waals surface area contributed by atoms with Crippen LogP contribution in [0.25, 0.3) is 0 Å². The van der Waals surface area contributed by atoms with Crippen LogP contribution < -0.4 is 10.9 Å². The van der Waals surface area contributed by atoms with E-state index in [-0.39, 0.29) is 10.6 Å². The number of rotatable bonds is 5. The van der Waals surface area contributed by atoms with E-state index < -0.39 is 0 Å². The standard InChI is InChI=1S/C15H24ClN3O/c1-3-9-19-15(20)14(16)13(10-17-19)18-11(2)12-7-5-4-6-8-12/h10-12,18H,3-9H2,1-2H3. The summed E-state index contributed by atoms with van der Waals surface area (Å²) >= 11 is 6.18. The van der Waals surface area contributed by atoms with Crippen LogP contribution in [0.15, 0.2) is 11.0 Å². The Morgan fingerprint density at radius 2 is 2.15 bits per heavy atom. The maximum Gasteiger partial charge on any atom is 0.287 e. The van der Waals surface area contributed by atoms with Gasteiger partial charge in [0.15, 0.2) is 0 Å². The molecular formula is C15H24ClN3O. The fourth-order valence-electron chi connectivity index (χ4n) is 2.93. The summed E-state index contributed by atoms with van der Waals surface area (Å²) in [6.45, 7) is 4.79. The van der Waals surface area contributed by atoms with Crippen LogP contribution in [-0.2, 0) is 6.54 Å². The second-order valence-corrected chi connectivity index (χ2v) is 6.11. The van der Waals surface area contributed by atoms with Gasteiger partial charge in [-0.05, 0) is 32.1 Å². The van der Waals surface area contributed by atoms with Gasteiger partial charge in [-0.2, -0.15) is 5.10 Å². The van der Waals surface area contributed by atoms with E-state index in [0.29, 0.717) is 24.2 Å². The molecule has 0 aliphatic heterocycles. The van der Waals surface area contributed by atoms with Crippen LogP contribution in [0.3, 0.4) is 0 Å². The number of aryl methyl sites for hydroxylation is 1. The number of hydrogen-bond acceptors (Lipinski definition) is 3. The first-order valence-electron chi connectivity index (χ1n) is 7.65. The summed E-state index contributed by atoms with van der Waals surface area (Å²) in [6.07, 6.45) is 9.02. The smallest absolute Gasteiger partial charge is 0.287 e. The molecule has 1 aromatic heterocycles. The van der Waals surface area contributed by atoms with Gasteiger partial charge in [-0.3, -0.25) is 4.79 Å². The molecule has 1 N–H and O–H groups in total. The molecule has 0 amide bonds. The fourth-order valence-corrected chi connectivity index (χ4v) is 3.13. The fraction of sp³-hybridized carbons (Fsp3) is 0.733. The molecule has 0 saturated heterocycles. The molecule has 4 nitrogen and oxygen atoms in total.